The van der Waals surface area contributed by atoms with Gasteiger partial charge < -0.3 is 9.75 Å². The Hall–Kier alpha value is -1.85. The number of pyridine rings is 1. The van der Waals surface area contributed by atoms with E-state index >= 15 is 0 Å². The first-order chi connectivity index (χ1) is 12.5. The van der Waals surface area contributed by atoms with Gasteiger partial charge >= 0.3 is 0 Å². The van der Waals surface area contributed by atoms with Gasteiger partial charge in [-0.2, -0.15) is 0 Å². The lowest BCUT2D eigenvalue weighted by Gasteiger charge is -2.36. The Balaban J connectivity index is 1.85. The molecule has 1 aliphatic carbocycles. The van der Waals surface area contributed by atoms with E-state index in [1.54, 1.807) is 6.20 Å². The normalized spacial score (nSPS) is 18.5. The molecule has 140 valence electrons. The third-order valence-corrected chi connectivity index (χ3v) is 5.27. The van der Waals surface area contributed by atoms with Crippen molar-refractivity contribution in [2.75, 3.05) is 20.2 Å². The van der Waals surface area contributed by atoms with E-state index in [0.717, 1.165) is 25.7 Å². The fourth-order valence-corrected chi connectivity index (χ4v) is 3.97. The number of hydrogen-bond donors (Lipinski definition) is 0. The lowest BCUT2D eigenvalue weighted by atomic mass is 9.89. The molecule has 1 aromatic heterocycles. The van der Waals surface area contributed by atoms with E-state index in [9.17, 15) is 4.79 Å². The quantitative estimate of drug-likeness (QED) is 0.695. The van der Waals surface area contributed by atoms with Crippen LogP contribution in [0.5, 0.6) is 5.75 Å². The number of halogens is 1. The van der Waals surface area contributed by atoms with Crippen molar-refractivity contribution in [2.24, 2.45) is 0 Å². The Labute approximate surface area is 160 Å². The standard InChI is InChI=1S/C20H26ClN3O2/c1-14(2)24-19(8-9-23(24)3)16-7-5-4-6-15(16)13-26-20-11-22-10-18(21)17(20)12-25/h8,10-12,14H,4-7,9,13H2,1-3H3. The minimum atomic E-state index is 0.321. The average Bonchev–Trinajstić information content (AvgIpc) is 3.02. The fourth-order valence-electron chi connectivity index (χ4n) is 3.78. The van der Waals surface area contributed by atoms with E-state index in [1.165, 1.54) is 35.9 Å². The van der Waals surface area contributed by atoms with Crippen molar-refractivity contribution in [3.63, 3.8) is 0 Å². The van der Waals surface area contributed by atoms with Crippen LogP contribution in [-0.4, -0.2) is 47.5 Å². The summed E-state index contributed by atoms with van der Waals surface area (Å²) in [7, 11) is 2.12. The Morgan fingerprint density at radius 3 is 2.81 bits per heavy atom. The van der Waals surface area contributed by atoms with E-state index in [4.69, 9.17) is 16.3 Å². The third-order valence-electron chi connectivity index (χ3n) is 4.97. The number of carbonyl (C=O) groups is 1. The minimum Gasteiger partial charge on any atom is -0.487 e. The second-order valence-corrected chi connectivity index (χ2v) is 7.50. The number of aldehydes is 1. The first-order valence-electron chi connectivity index (χ1n) is 9.16. The number of allylic oxidation sites excluding steroid dienone is 1. The van der Waals surface area contributed by atoms with Crippen LogP contribution in [0, 0.1) is 0 Å². The molecule has 0 radical (unpaired) electrons. The Kier molecular flexibility index (Phi) is 5.99. The number of hydrogen-bond acceptors (Lipinski definition) is 5. The summed E-state index contributed by atoms with van der Waals surface area (Å²) in [6.07, 6.45) is 10.5. The summed E-state index contributed by atoms with van der Waals surface area (Å²) in [6.45, 7) is 5.82. The van der Waals surface area contributed by atoms with Crippen molar-refractivity contribution in [3.05, 3.63) is 45.9 Å². The molecule has 0 aromatic carbocycles. The van der Waals surface area contributed by atoms with Crippen LogP contribution in [0.4, 0.5) is 0 Å². The van der Waals surface area contributed by atoms with Crippen molar-refractivity contribution >= 4 is 17.9 Å². The average molecular weight is 376 g/mol. The molecular weight excluding hydrogens is 350 g/mol. The molecule has 2 aliphatic rings. The molecule has 1 aliphatic heterocycles. The maximum Gasteiger partial charge on any atom is 0.155 e. The van der Waals surface area contributed by atoms with Gasteiger partial charge in [0.15, 0.2) is 6.29 Å². The summed E-state index contributed by atoms with van der Waals surface area (Å²) in [5.41, 5.74) is 4.36. The zero-order valence-corrected chi connectivity index (χ0v) is 16.4. The largest absolute Gasteiger partial charge is 0.487 e. The smallest absolute Gasteiger partial charge is 0.155 e. The lowest BCUT2D eigenvalue weighted by Crippen LogP contribution is -2.40. The van der Waals surface area contributed by atoms with Crippen LogP contribution < -0.4 is 4.74 Å². The molecule has 0 amide bonds. The number of likely N-dealkylation sites (N-methyl/N-ethyl adjacent to an activating group) is 1. The zero-order chi connectivity index (χ0) is 18.7. The van der Waals surface area contributed by atoms with Gasteiger partial charge in [-0.1, -0.05) is 11.6 Å². The van der Waals surface area contributed by atoms with Crippen molar-refractivity contribution in [1.82, 2.24) is 15.0 Å². The number of nitrogens with zero attached hydrogens (tertiary/aromatic N) is 3. The molecule has 2 heterocycles. The highest BCUT2D eigenvalue weighted by molar-refractivity contribution is 6.33. The molecular formula is C20H26ClN3O2. The molecule has 5 nitrogen and oxygen atoms in total. The summed E-state index contributed by atoms with van der Waals surface area (Å²) in [5.74, 6) is 0.447. The van der Waals surface area contributed by atoms with Gasteiger partial charge in [0.05, 0.1) is 22.5 Å². The van der Waals surface area contributed by atoms with Gasteiger partial charge in [0.2, 0.25) is 0 Å². The van der Waals surface area contributed by atoms with Crippen LogP contribution in [0.2, 0.25) is 5.02 Å². The number of ether oxygens (including phenoxy) is 1. The van der Waals surface area contributed by atoms with Crippen molar-refractivity contribution < 1.29 is 9.53 Å². The van der Waals surface area contributed by atoms with Gasteiger partial charge in [-0.3, -0.25) is 9.78 Å². The third kappa shape index (κ3) is 3.79. The molecule has 0 fully saturated rings. The Bertz CT molecular complexity index is 743. The molecule has 0 bridgehead atoms. The van der Waals surface area contributed by atoms with E-state index < -0.39 is 0 Å². The monoisotopic (exact) mass is 375 g/mol. The number of aromatic nitrogens is 1. The SMILES string of the molecule is CC(C)N1C(C2=C(COc3cncc(Cl)c3C=O)CCCC2)=CCN1C. The van der Waals surface area contributed by atoms with Gasteiger partial charge in [0.25, 0.3) is 0 Å². The zero-order valence-electron chi connectivity index (χ0n) is 15.7. The van der Waals surface area contributed by atoms with Crippen LogP contribution in [-0.2, 0) is 0 Å². The van der Waals surface area contributed by atoms with Crippen molar-refractivity contribution in [1.29, 1.82) is 0 Å². The van der Waals surface area contributed by atoms with Gasteiger partial charge in [0.1, 0.15) is 12.4 Å². The molecule has 0 saturated heterocycles. The summed E-state index contributed by atoms with van der Waals surface area (Å²) in [4.78, 5) is 15.3. The highest BCUT2D eigenvalue weighted by Crippen LogP contribution is 2.35. The maximum atomic E-state index is 11.3. The van der Waals surface area contributed by atoms with Crippen LogP contribution >= 0.6 is 11.6 Å². The van der Waals surface area contributed by atoms with Crippen LogP contribution in [0.25, 0.3) is 0 Å². The second-order valence-electron chi connectivity index (χ2n) is 7.10. The van der Waals surface area contributed by atoms with E-state index in [1.807, 2.05) is 0 Å². The highest BCUT2D eigenvalue weighted by atomic mass is 35.5. The molecule has 0 spiro atoms. The molecule has 0 N–H and O–H groups in total. The van der Waals surface area contributed by atoms with Gasteiger partial charge in [-0.25, -0.2) is 5.01 Å². The predicted octanol–water partition coefficient (Wildman–Crippen LogP) is 4.25. The van der Waals surface area contributed by atoms with Crippen molar-refractivity contribution in [3.8, 4) is 5.75 Å². The second kappa shape index (κ2) is 8.23. The molecule has 0 atom stereocenters. The number of rotatable bonds is 6. The Morgan fingerprint density at radius 1 is 1.31 bits per heavy atom. The van der Waals surface area contributed by atoms with Gasteiger partial charge in [-0.05, 0) is 56.8 Å². The minimum absolute atomic E-state index is 0.321. The lowest BCUT2D eigenvalue weighted by molar-refractivity contribution is 0.0403. The summed E-state index contributed by atoms with van der Waals surface area (Å²) in [6, 6.07) is 0.407. The number of hydrazine groups is 1. The molecule has 1 aromatic rings. The summed E-state index contributed by atoms with van der Waals surface area (Å²) < 4.78 is 5.97. The molecule has 0 unspecified atom stereocenters. The summed E-state index contributed by atoms with van der Waals surface area (Å²) in [5, 5.41) is 4.94. The van der Waals surface area contributed by atoms with Gasteiger partial charge in [0, 0.05) is 25.8 Å². The highest BCUT2D eigenvalue weighted by Gasteiger charge is 2.28. The first kappa shape index (κ1) is 18.9. The topological polar surface area (TPSA) is 45.7 Å². The van der Waals surface area contributed by atoms with E-state index in [-0.39, 0.29) is 0 Å². The number of carbonyl (C=O) groups excluding carboxylic acids is 1. The summed E-state index contributed by atoms with van der Waals surface area (Å²) >= 11 is 6.05. The van der Waals surface area contributed by atoms with Crippen LogP contribution in [0.15, 0.2) is 35.3 Å². The Morgan fingerprint density at radius 2 is 2.08 bits per heavy atom. The first-order valence-corrected chi connectivity index (χ1v) is 9.54. The molecule has 0 saturated carbocycles. The predicted molar refractivity (Wildman–Crippen MR) is 103 cm³/mol. The molecule has 3 rings (SSSR count). The molecule has 26 heavy (non-hydrogen) atoms. The van der Waals surface area contributed by atoms with Gasteiger partial charge in [-0.15, -0.1) is 0 Å². The fraction of sp³-hybridized carbons (Fsp3) is 0.500. The van der Waals surface area contributed by atoms with Crippen molar-refractivity contribution in [2.45, 2.75) is 45.6 Å². The van der Waals surface area contributed by atoms with Crippen LogP contribution in [0.3, 0.4) is 0 Å². The van der Waals surface area contributed by atoms with Crippen LogP contribution in [0.1, 0.15) is 49.9 Å². The maximum absolute atomic E-state index is 11.3. The molecule has 6 heteroatoms. The van der Waals surface area contributed by atoms with E-state index in [0.29, 0.717) is 29.0 Å². The van der Waals surface area contributed by atoms with E-state index in [2.05, 4.69) is 42.0 Å².